The first-order valence-electron chi connectivity index (χ1n) is 4.41. The van der Waals surface area contributed by atoms with Crippen LogP contribution in [0.1, 0.15) is 10.5 Å². The fourth-order valence-electron chi connectivity index (χ4n) is 1.15. The van der Waals surface area contributed by atoms with Crippen LogP contribution in [0.2, 0.25) is 5.02 Å². The minimum atomic E-state index is -0.296. The molecule has 2 aromatic rings. The van der Waals surface area contributed by atoms with Crippen molar-refractivity contribution in [2.24, 2.45) is 0 Å². The van der Waals surface area contributed by atoms with Crippen LogP contribution in [-0.4, -0.2) is 10.9 Å². The highest BCUT2D eigenvalue weighted by atomic mass is 35.5. The van der Waals surface area contributed by atoms with Gasteiger partial charge in [-0.1, -0.05) is 11.6 Å². The van der Waals surface area contributed by atoms with Crippen LogP contribution in [0, 0.1) is 0 Å². The summed E-state index contributed by atoms with van der Waals surface area (Å²) in [4.78, 5) is 15.6. The van der Waals surface area contributed by atoms with E-state index in [9.17, 15) is 4.79 Å². The van der Waals surface area contributed by atoms with Gasteiger partial charge in [0.1, 0.15) is 5.69 Å². The van der Waals surface area contributed by atoms with Crippen LogP contribution in [0.4, 0.5) is 11.4 Å². The second kappa shape index (κ2) is 4.51. The normalized spacial score (nSPS) is 10.1. The molecule has 0 aliphatic rings. The van der Waals surface area contributed by atoms with Crippen LogP contribution < -0.4 is 11.1 Å². The Morgan fingerprint density at radius 1 is 1.50 bits per heavy atom. The summed E-state index contributed by atoms with van der Waals surface area (Å²) in [5.74, 6) is -0.296. The van der Waals surface area contributed by atoms with Crippen LogP contribution in [0.3, 0.4) is 0 Å². The summed E-state index contributed by atoms with van der Waals surface area (Å²) in [5.41, 5.74) is 8.62. The van der Waals surface area contributed by atoms with Crippen LogP contribution in [0.15, 0.2) is 29.1 Å². The highest BCUT2D eigenvalue weighted by Crippen LogP contribution is 2.23. The molecule has 82 valence electrons. The molecule has 0 atom stereocenters. The molecular formula is C10H8ClN3OS. The molecule has 1 aromatic carbocycles. The number of hydrogen-bond donors (Lipinski definition) is 2. The topological polar surface area (TPSA) is 68.0 Å². The lowest BCUT2D eigenvalue weighted by Crippen LogP contribution is -2.13. The van der Waals surface area contributed by atoms with Gasteiger partial charge >= 0.3 is 0 Å². The number of nitrogens with zero attached hydrogens (tertiary/aromatic N) is 1. The molecule has 0 spiro atoms. The number of thiazole rings is 1. The fourth-order valence-corrected chi connectivity index (χ4v) is 1.85. The van der Waals surface area contributed by atoms with Crippen molar-refractivity contribution >= 4 is 40.2 Å². The third kappa shape index (κ3) is 2.32. The number of nitrogen functional groups attached to an aromatic ring is 1. The first kappa shape index (κ1) is 10.9. The maximum atomic E-state index is 11.7. The van der Waals surface area contributed by atoms with Gasteiger partial charge in [-0.3, -0.25) is 4.79 Å². The Morgan fingerprint density at radius 2 is 2.31 bits per heavy atom. The number of nitrogens with one attached hydrogen (secondary N) is 1. The summed E-state index contributed by atoms with van der Waals surface area (Å²) in [6.45, 7) is 0. The van der Waals surface area contributed by atoms with E-state index < -0.39 is 0 Å². The first-order valence-corrected chi connectivity index (χ1v) is 5.73. The minimum Gasteiger partial charge on any atom is -0.397 e. The van der Waals surface area contributed by atoms with Crippen LogP contribution in [0.25, 0.3) is 0 Å². The Labute approximate surface area is 101 Å². The molecule has 0 bridgehead atoms. The smallest absolute Gasteiger partial charge is 0.275 e. The molecule has 0 aliphatic carbocycles. The van der Waals surface area contributed by atoms with E-state index in [-0.39, 0.29) is 5.91 Å². The van der Waals surface area contributed by atoms with Gasteiger partial charge in [-0.25, -0.2) is 4.98 Å². The summed E-state index contributed by atoms with van der Waals surface area (Å²) in [5, 5.41) is 4.83. The van der Waals surface area contributed by atoms with Gasteiger partial charge in [0.05, 0.1) is 16.9 Å². The van der Waals surface area contributed by atoms with Gasteiger partial charge in [0, 0.05) is 10.4 Å². The largest absolute Gasteiger partial charge is 0.397 e. The first-order chi connectivity index (χ1) is 7.66. The zero-order valence-corrected chi connectivity index (χ0v) is 9.68. The van der Waals surface area contributed by atoms with Gasteiger partial charge in [0.15, 0.2) is 0 Å². The van der Waals surface area contributed by atoms with Crippen molar-refractivity contribution in [3.63, 3.8) is 0 Å². The van der Waals surface area contributed by atoms with Crippen LogP contribution in [-0.2, 0) is 0 Å². The fraction of sp³-hybridized carbons (Fsp3) is 0. The van der Waals surface area contributed by atoms with Crippen molar-refractivity contribution in [2.75, 3.05) is 11.1 Å². The van der Waals surface area contributed by atoms with Gasteiger partial charge in [-0.15, -0.1) is 11.3 Å². The Balaban J connectivity index is 2.21. The molecule has 1 aromatic heterocycles. The molecule has 0 saturated heterocycles. The number of benzene rings is 1. The number of halogens is 1. The van der Waals surface area contributed by atoms with Crippen LogP contribution in [0.5, 0.6) is 0 Å². The number of rotatable bonds is 2. The molecule has 0 saturated carbocycles. The standard InChI is InChI=1S/C10H8ClN3OS/c11-6-1-2-7(12)8(3-6)14-10(15)9-4-16-5-13-9/h1-5H,12H2,(H,14,15). The zero-order valence-electron chi connectivity index (χ0n) is 8.11. The molecule has 3 N–H and O–H groups in total. The Hall–Kier alpha value is -1.59. The summed E-state index contributed by atoms with van der Waals surface area (Å²) >= 11 is 7.16. The van der Waals surface area contributed by atoms with Gasteiger partial charge in [-0.2, -0.15) is 0 Å². The van der Waals surface area contributed by atoms with E-state index in [1.807, 2.05) is 0 Å². The predicted octanol–water partition coefficient (Wildman–Crippen LogP) is 2.63. The molecule has 2 rings (SSSR count). The van der Waals surface area contributed by atoms with E-state index in [1.165, 1.54) is 11.3 Å². The number of aromatic nitrogens is 1. The second-order valence-electron chi connectivity index (χ2n) is 3.06. The molecule has 0 unspecified atom stereocenters. The molecule has 0 aliphatic heterocycles. The third-order valence-electron chi connectivity index (χ3n) is 1.93. The minimum absolute atomic E-state index is 0.296. The van der Waals surface area contributed by atoms with Crippen molar-refractivity contribution in [1.82, 2.24) is 4.98 Å². The van der Waals surface area contributed by atoms with Gasteiger partial charge in [0.25, 0.3) is 5.91 Å². The van der Waals surface area contributed by atoms with E-state index in [4.69, 9.17) is 17.3 Å². The molecule has 0 radical (unpaired) electrons. The summed E-state index contributed by atoms with van der Waals surface area (Å²) in [7, 11) is 0. The average molecular weight is 254 g/mol. The van der Waals surface area contributed by atoms with E-state index in [1.54, 1.807) is 29.1 Å². The molecule has 4 nitrogen and oxygen atoms in total. The number of hydrogen-bond acceptors (Lipinski definition) is 4. The van der Waals surface area contributed by atoms with Crippen molar-refractivity contribution in [1.29, 1.82) is 0 Å². The van der Waals surface area contributed by atoms with E-state index in [2.05, 4.69) is 10.3 Å². The second-order valence-corrected chi connectivity index (χ2v) is 4.21. The molecule has 0 fully saturated rings. The number of carbonyl (C=O) groups is 1. The van der Waals surface area contributed by atoms with Crippen molar-refractivity contribution < 1.29 is 4.79 Å². The summed E-state index contributed by atoms with van der Waals surface area (Å²) in [6.07, 6.45) is 0. The molecule has 16 heavy (non-hydrogen) atoms. The van der Waals surface area contributed by atoms with E-state index in [0.29, 0.717) is 22.1 Å². The zero-order chi connectivity index (χ0) is 11.5. The summed E-state index contributed by atoms with van der Waals surface area (Å²) in [6, 6.07) is 4.90. The van der Waals surface area contributed by atoms with Gasteiger partial charge < -0.3 is 11.1 Å². The Morgan fingerprint density at radius 3 is 3.00 bits per heavy atom. The molecule has 1 amide bonds. The van der Waals surface area contributed by atoms with Gasteiger partial charge in [0.2, 0.25) is 0 Å². The number of nitrogens with two attached hydrogens (primary N) is 1. The molecular weight excluding hydrogens is 246 g/mol. The monoisotopic (exact) mass is 253 g/mol. The number of anilines is 2. The lowest BCUT2D eigenvalue weighted by molar-refractivity contribution is 0.102. The van der Waals surface area contributed by atoms with Crippen molar-refractivity contribution in [2.45, 2.75) is 0 Å². The Kier molecular flexibility index (Phi) is 3.07. The summed E-state index contributed by atoms with van der Waals surface area (Å²) < 4.78 is 0. The lowest BCUT2D eigenvalue weighted by atomic mass is 10.2. The highest BCUT2D eigenvalue weighted by molar-refractivity contribution is 7.07. The van der Waals surface area contributed by atoms with Gasteiger partial charge in [-0.05, 0) is 18.2 Å². The van der Waals surface area contributed by atoms with Crippen molar-refractivity contribution in [3.05, 3.63) is 39.8 Å². The molecule has 1 heterocycles. The predicted molar refractivity (Wildman–Crippen MR) is 65.9 cm³/mol. The van der Waals surface area contributed by atoms with Crippen LogP contribution >= 0.6 is 22.9 Å². The lowest BCUT2D eigenvalue weighted by Gasteiger charge is -2.06. The highest BCUT2D eigenvalue weighted by Gasteiger charge is 2.09. The van der Waals surface area contributed by atoms with E-state index in [0.717, 1.165) is 0 Å². The quantitative estimate of drug-likeness (QED) is 0.809. The van der Waals surface area contributed by atoms with Crippen molar-refractivity contribution in [3.8, 4) is 0 Å². The van der Waals surface area contributed by atoms with E-state index >= 15 is 0 Å². The average Bonchev–Trinajstić information content (AvgIpc) is 2.76. The SMILES string of the molecule is Nc1ccc(Cl)cc1NC(=O)c1cscn1. The molecule has 6 heteroatoms. The third-order valence-corrected chi connectivity index (χ3v) is 2.75. The Bertz CT molecular complexity index is 513. The number of carbonyl (C=O) groups excluding carboxylic acids is 1. The maximum absolute atomic E-state index is 11.7. The maximum Gasteiger partial charge on any atom is 0.275 e. The number of amides is 1.